The van der Waals surface area contributed by atoms with Gasteiger partial charge >= 0.3 is 0 Å². The zero-order valence-electron chi connectivity index (χ0n) is 15.9. The third-order valence-corrected chi connectivity index (χ3v) is 5.46. The molecule has 0 atom stereocenters. The van der Waals surface area contributed by atoms with Crippen molar-refractivity contribution >= 4 is 17.5 Å². The average Bonchev–Trinajstić information content (AvgIpc) is 3.02. The van der Waals surface area contributed by atoms with Crippen molar-refractivity contribution in [1.82, 2.24) is 25.6 Å². The van der Waals surface area contributed by atoms with Crippen LogP contribution in [0.5, 0.6) is 0 Å². The molecular weight excluding hydrogens is 369 g/mol. The number of amides is 1. The van der Waals surface area contributed by atoms with E-state index >= 15 is 0 Å². The molecule has 27 heavy (non-hydrogen) atoms. The van der Waals surface area contributed by atoms with E-state index in [0.717, 1.165) is 37.2 Å². The number of carbonyl (C=O) groups excluding carboxylic acids is 1. The molecule has 0 saturated carbocycles. The second-order valence-electron chi connectivity index (χ2n) is 7.64. The first kappa shape index (κ1) is 19.8. The molecule has 2 aromatic rings. The molecule has 8 heteroatoms. The summed E-state index contributed by atoms with van der Waals surface area (Å²) in [6, 6.07) is 4.59. The van der Waals surface area contributed by atoms with Crippen molar-refractivity contribution in [2.75, 3.05) is 19.6 Å². The fourth-order valence-electron chi connectivity index (χ4n) is 3.47. The van der Waals surface area contributed by atoms with E-state index in [0.29, 0.717) is 17.3 Å². The summed E-state index contributed by atoms with van der Waals surface area (Å²) in [7, 11) is 0. The zero-order chi connectivity index (χ0) is 19.6. The SMILES string of the molecule is Cc1c(C(=O)NCC(C)(C)c2ccc(F)cc2Cl)nnn1C1CCNCC1. The standard InChI is InChI=1S/C19H25ClFN5O/c1-12-17(24-25-26(12)14-6-8-22-9-7-14)18(27)23-11-19(2,3)15-5-4-13(21)10-16(15)20/h4-5,10,14,22H,6-9,11H2,1-3H3,(H,23,27). The Hall–Kier alpha value is -1.99. The summed E-state index contributed by atoms with van der Waals surface area (Å²) in [5, 5.41) is 14.9. The Kier molecular flexibility index (Phi) is 5.81. The number of aromatic nitrogens is 3. The average molecular weight is 394 g/mol. The Bertz CT molecular complexity index is 830. The molecule has 0 spiro atoms. The van der Waals surface area contributed by atoms with Crippen LogP contribution in [0.1, 0.15) is 54.5 Å². The first-order valence-electron chi connectivity index (χ1n) is 9.16. The summed E-state index contributed by atoms with van der Waals surface area (Å²) in [5.41, 5.74) is 1.44. The molecule has 1 aliphatic rings. The lowest BCUT2D eigenvalue weighted by atomic mass is 9.84. The van der Waals surface area contributed by atoms with Crippen LogP contribution in [-0.2, 0) is 5.41 Å². The lowest BCUT2D eigenvalue weighted by molar-refractivity contribution is 0.0940. The number of hydrogen-bond acceptors (Lipinski definition) is 4. The Labute approximate surface area is 163 Å². The van der Waals surface area contributed by atoms with Gasteiger partial charge in [-0.25, -0.2) is 9.07 Å². The van der Waals surface area contributed by atoms with Gasteiger partial charge in [0, 0.05) is 17.0 Å². The highest BCUT2D eigenvalue weighted by molar-refractivity contribution is 6.31. The number of hydrogen-bond donors (Lipinski definition) is 2. The molecule has 0 unspecified atom stereocenters. The van der Waals surface area contributed by atoms with Crippen LogP contribution in [0.3, 0.4) is 0 Å². The van der Waals surface area contributed by atoms with Crippen molar-refractivity contribution in [3.05, 3.63) is 46.0 Å². The maximum Gasteiger partial charge on any atom is 0.273 e. The zero-order valence-corrected chi connectivity index (χ0v) is 16.6. The van der Waals surface area contributed by atoms with E-state index in [1.54, 1.807) is 6.07 Å². The molecule has 0 radical (unpaired) electrons. The Balaban J connectivity index is 1.69. The summed E-state index contributed by atoms with van der Waals surface area (Å²) in [6.07, 6.45) is 1.95. The van der Waals surface area contributed by atoms with Crippen LogP contribution in [-0.4, -0.2) is 40.5 Å². The van der Waals surface area contributed by atoms with E-state index in [1.165, 1.54) is 12.1 Å². The van der Waals surface area contributed by atoms with E-state index in [4.69, 9.17) is 11.6 Å². The third-order valence-electron chi connectivity index (χ3n) is 5.15. The molecule has 0 aliphatic carbocycles. The van der Waals surface area contributed by atoms with Gasteiger partial charge in [0.25, 0.3) is 5.91 Å². The molecule has 1 aliphatic heterocycles. The number of benzene rings is 1. The fraction of sp³-hybridized carbons (Fsp3) is 0.526. The molecule has 2 heterocycles. The second kappa shape index (κ2) is 7.94. The monoisotopic (exact) mass is 393 g/mol. The quantitative estimate of drug-likeness (QED) is 0.819. The van der Waals surface area contributed by atoms with E-state index in [2.05, 4.69) is 20.9 Å². The predicted octanol–water partition coefficient (Wildman–Crippen LogP) is 3.01. The highest BCUT2D eigenvalue weighted by atomic mass is 35.5. The first-order valence-corrected chi connectivity index (χ1v) is 9.53. The van der Waals surface area contributed by atoms with Crippen LogP contribution in [0.25, 0.3) is 0 Å². The van der Waals surface area contributed by atoms with Gasteiger partial charge in [-0.15, -0.1) is 5.10 Å². The summed E-state index contributed by atoms with van der Waals surface area (Å²) in [5.74, 6) is -0.646. The van der Waals surface area contributed by atoms with Gasteiger partial charge < -0.3 is 10.6 Å². The Morgan fingerprint density at radius 2 is 2.11 bits per heavy atom. The molecule has 3 rings (SSSR count). The van der Waals surface area contributed by atoms with Gasteiger partial charge in [0.2, 0.25) is 0 Å². The molecule has 1 saturated heterocycles. The molecule has 1 amide bonds. The summed E-state index contributed by atoms with van der Waals surface area (Å²) >= 11 is 6.18. The van der Waals surface area contributed by atoms with E-state index in [-0.39, 0.29) is 17.8 Å². The molecule has 146 valence electrons. The normalized spacial score (nSPS) is 15.7. The summed E-state index contributed by atoms with van der Waals surface area (Å²) < 4.78 is 15.2. The summed E-state index contributed by atoms with van der Waals surface area (Å²) in [6.45, 7) is 8.00. The number of piperidine rings is 1. The van der Waals surface area contributed by atoms with Gasteiger partial charge in [-0.05, 0) is 50.6 Å². The Morgan fingerprint density at radius 1 is 1.41 bits per heavy atom. The van der Waals surface area contributed by atoms with E-state index in [1.807, 2.05) is 25.5 Å². The van der Waals surface area contributed by atoms with Crippen molar-refractivity contribution in [1.29, 1.82) is 0 Å². The molecule has 0 bridgehead atoms. The van der Waals surface area contributed by atoms with E-state index < -0.39 is 5.41 Å². The van der Waals surface area contributed by atoms with Crippen LogP contribution < -0.4 is 10.6 Å². The molecule has 1 aromatic heterocycles. The maximum absolute atomic E-state index is 13.3. The van der Waals surface area contributed by atoms with Crippen LogP contribution in [0.4, 0.5) is 4.39 Å². The minimum atomic E-state index is -0.459. The summed E-state index contributed by atoms with van der Waals surface area (Å²) in [4.78, 5) is 12.6. The van der Waals surface area contributed by atoms with Gasteiger partial charge in [-0.2, -0.15) is 0 Å². The van der Waals surface area contributed by atoms with E-state index in [9.17, 15) is 9.18 Å². The second-order valence-corrected chi connectivity index (χ2v) is 8.05. The predicted molar refractivity (Wildman–Crippen MR) is 103 cm³/mol. The van der Waals surface area contributed by atoms with Crippen LogP contribution >= 0.6 is 11.6 Å². The third kappa shape index (κ3) is 4.30. The molecule has 1 fully saturated rings. The number of rotatable bonds is 5. The number of halogens is 2. The van der Waals surface area contributed by atoms with Crippen molar-refractivity contribution in [3.63, 3.8) is 0 Å². The van der Waals surface area contributed by atoms with Gasteiger partial charge in [0.05, 0.1) is 11.7 Å². The van der Waals surface area contributed by atoms with Crippen LogP contribution in [0.15, 0.2) is 18.2 Å². The lowest BCUT2D eigenvalue weighted by Gasteiger charge is -2.26. The molecule has 6 nitrogen and oxygen atoms in total. The Morgan fingerprint density at radius 3 is 2.78 bits per heavy atom. The van der Waals surface area contributed by atoms with Gasteiger partial charge in [0.1, 0.15) is 5.82 Å². The van der Waals surface area contributed by atoms with Crippen molar-refractivity contribution < 1.29 is 9.18 Å². The fourth-order valence-corrected chi connectivity index (χ4v) is 3.89. The molecular formula is C19H25ClFN5O. The molecule has 2 N–H and O–H groups in total. The highest BCUT2D eigenvalue weighted by Gasteiger charge is 2.27. The highest BCUT2D eigenvalue weighted by Crippen LogP contribution is 2.30. The van der Waals surface area contributed by atoms with Crippen LogP contribution in [0, 0.1) is 12.7 Å². The van der Waals surface area contributed by atoms with Crippen LogP contribution in [0.2, 0.25) is 5.02 Å². The van der Waals surface area contributed by atoms with Gasteiger partial charge in [-0.3, -0.25) is 4.79 Å². The van der Waals surface area contributed by atoms with Crippen molar-refractivity contribution in [2.24, 2.45) is 0 Å². The molecule has 1 aromatic carbocycles. The lowest BCUT2D eigenvalue weighted by Crippen LogP contribution is -2.37. The number of carbonyl (C=O) groups is 1. The smallest absolute Gasteiger partial charge is 0.273 e. The minimum absolute atomic E-state index is 0.265. The number of nitrogens with one attached hydrogen (secondary N) is 2. The van der Waals surface area contributed by atoms with Gasteiger partial charge in [0.15, 0.2) is 5.69 Å². The topological polar surface area (TPSA) is 71.8 Å². The maximum atomic E-state index is 13.3. The first-order chi connectivity index (χ1) is 12.8. The van der Waals surface area contributed by atoms with Gasteiger partial charge in [-0.1, -0.05) is 36.7 Å². The largest absolute Gasteiger partial charge is 0.350 e. The van der Waals surface area contributed by atoms with Crippen molar-refractivity contribution in [2.45, 2.75) is 45.1 Å². The van der Waals surface area contributed by atoms with Crippen molar-refractivity contribution in [3.8, 4) is 0 Å². The minimum Gasteiger partial charge on any atom is -0.350 e. The number of nitrogens with zero attached hydrogens (tertiary/aromatic N) is 3.